The van der Waals surface area contributed by atoms with Crippen LogP contribution < -0.4 is 0 Å². The number of halogens is 3. The lowest BCUT2D eigenvalue weighted by atomic mass is 15.9. The fourth-order valence-corrected chi connectivity index (χ4v) is 0. The molecule has 0 amide bonds. The van der Waals surface area contributed by atoms with Crippen LogP contribution in [0, 0.1) is 0 Å². The molecule has 0 rings (SSSR count). The van der Waals surface area contributed by atoms with Crippen molar-refractivity contribution < 1.29 is 17.2 Å². The van der Waals surface area contributed by atoms with E-state index in [1.807, 2.05) is 0 Å². The van der Waals surface area contributed by atoms with Gasteiger partial charge in [-0.1, -0.05) is 0 Å². The van der Waals surface area contributed by atoms with Gasteiger partial charge in [-0.25, -0.2) is 4.57 Å². The molecule has 0 aromatic carbocycles. The van der Waals surface area contributed by atoms with Gasteiger partial charge in [-0.2, -0.15) is 0 Å². The van der Waals surface area contributed by atoms with E-state index in [0.717, 1.165) is 0 Å². The van der Waals surface area contributed by atoms with Crippen LogP contribution in [-0.2, 0) is 15.7 Å². The van der Waals surface area contributed by atoms with Crippen LogP contribution in [0.2, 0.25) is 0 Å². The molecule has 2 nitrogen and oxygen atoms in total. The van der Waals surface area contributed by atoms with E-state index in [1.165, 1.54) is 0 Å². The SMILES string of the molecule is O=P(F)(Cl)[S+]([O-])F. The Bertz CT molecular complexity index is 97.9. The summed E-state index contributed by atoms with van der Waals surface area (Å²) in [6.07, 6.45) is 0. The molecule has 0 saturated heterocycles. The van der Waals surface area contributed by atoms with E-state index < -0.39 is 17.2 Å². The summed E-state index contributed by atoms with van der Waals surface area (Å²) in [4.78, 5) is 0. The topological polar surface area (TPSA) is 40.1 Å². The van der Waals surface area contributed by atoms with Gasteiger partial charge in [0.05, 0.1) is 0 Å². The third kappa shape index (κ3) is 3.29. The van der Waals surface area contributed by atoms with Crippen molar-refractivity contribution in [1.29, 1.82) is 0 Å². The van der Waals surface area contributed by atoms with Crippen molar-refractivity contribution in [2.75, 3.05) is 0 Å². The largest absolute Gasteiger partial charge is 0.573 e. The Labute approximate surface area is 46.4 Å². The minimum atomic E-state index is -4.96. The monoisotopic (exact) mass is 168 g/mol. The second-order valence-corrected chi connectivity index (χ2v) is 6.04. The van der Waals surface area contributed by atoms with Crippen molar-refractivity contribution in [3.63, 3.8) is 0 Å². The zero-order valence-corrected chi connectivity index (χ0v) is 5.27. The second-order valence-electron chi connectivity index (χ2n) is 0.621. The van der Waals surface area contributed by atoms with E-state index in [2.05, 4.69) is 11.2 Å². The second kappa shape index (κ2) is 2.31. The van der Waals surface area contributed by atoms with Crippen molar-refractivity contribution in [3.05, 3.63) is 0 Å². The lowest BCUT2D eigenvalue weighted by molar-refractivity contribution is 0.537. The Balaban J connectivity index is 3.80. The predicted octanol–water partition coefficient (Wildman–Crippen LogP) is 1.94. The van der Waals surface area contributed by atoms with Crippen LogP contribution in [0.5, 0.6) is 0 Å². The highest BCUT2D eigenvalue weighted by molar-refractivity contribution is 8.56. The molecular formula is ClF2O2PS. The van der Waals surface area contributed by atoms with Gasteiger partial charge in [0.1, 0.15) is 0 Å². The van der Waals surface area contributed by atoms with E-state index in [4.69, 9.17) is 4.55 Å². The summed E-state index contributed by atoms with van der Waals surface area (Å²) < 4.78 is 40.5. The molecule has 7 heteroatoms. The van der Waals surface area contributed by atoms with Crippen molar-refractivity contribution in [2.24, 2.45) is 0 Å². The smallest absolute Gasteiger partial charge is 0.565 e. The van der Waals surface area contributed by atoms with Gasteiger partial charge < -0.3 is 4.55 Å². The number of hydrogen-bond acceptors (Lipinski definition) is 2. The van der Waals surface area contributed by atoms with Gasteiger partial charge in [-0.3, -0.25) is 0 Å². The van der Waals surface area contributed by atoms with Crippen molar-refractivity contribution >= 4 is 28.4 Å². The Morgan fingerprint density at radius 1 is 1.86 bits per heavy atom. The van der Waals surface area contributed by atoms with Crippen LogP contribution in [-0.4, -0.2) is 4.55 Å². The quantitative estimate of drug-likeness (QED) is 0.443. The van der Waals surface area contributed by atoms with Crippen LogP contribution in [0.4, 0.5) is 8.08 Å². The highest BCUT2D eigenvalue weighted by Crippen LogP contribution is 2.59. The molecule has 2 unspecified atom stereocenters. The Morgan fingerprint density at radius 2 is 2.00 bits per heavy atom. The van der Waals surface area contributed by atoms with Crippen molar-refractivity contribution in [3.8, 4) is 0 Å². The summed E-state index contributed by atoms with van der Waals surface area (Å²) in [5.41, 5.74) is 0. The molecule has 0 bridgehead atoms. The number of rotatable bonds is 1. The minimum absolute atomic E-state index is 3.53. The molecule has 0 saturated carbocycles. The van der Waals surface area contributed by atoms with Gasteiger partial charge in [0, 0.05) is 15.1 Å². The molecule has 0 radical (unpaired) electrons. The fourth-order valence-electron chi connectivity index (χ4n) is 0. The predicted molar refractivity (Wildman–Crippen MR) is 23.8 cm³/mol. The van der Waals surface area contributed by atoms with Crippen LogP contribution >= 0.6 is 17.2 Å². The van der Waals surface area contributed by atoms with Crippen LogP contribution in [0.15, 0.2) is 0 Å². The normalized spacial score (nSPS) is 23.4. The van der Waals surface area contributed by atoms with Crippen LogP contribution in [0.25, 0.3) is 0 Å². The maximum Gasteiger partial charge on any atom is 0.565 e. The Hall–Kier alpha value is 0.690. The minimum Gasteiger partial charge on any atom is -0.573 e. The lowest BCUT2D eigenvalue weighted by Gasteiger charge is -1.90. The van der Waals surface area contributed by atoms with Gasteiger partial charge in [0.15, 0.2) is 0 Å². The summed E-state index contributed by atoms with van der Waals surface area (Å²) in [5, 5.41) is 0. The molecule has 2 atom stereocenters. The average Bonchev–Trinajstić information content (AvgIpc) is 1.31. The van der Waals surface area contributed by atoms with Gasteiger partial charge in [-0.05, 0) is 0 Å². The molecule has 0 heterocycles. The molecule has 0 aliphatic carbocycles. The molecule has 0 aliphatic heterocycles. The maximum absolute atomic E-state index is 11.2. The average molecular weight is 168 g/mol. The van der Waals surface area contributed by atoms with Crippen molar-refractivity contribution in [2.45, 2.75) is 0 Å². The Morgan fingerprint density at radius 3 is 2.00 bits per heavy atom. The molecule has 0 aromatic heterocycles. The Kier molecular flexibility index (Phi) is 2.53. The highest BCUT2D eigenvalue weighted by atomic mass is 35.7. The van der Waals surface area contributed by atoms with E-state index >= 15 is 0 Å². The van der Waals surface area contributed by atoms with Crippen LogP contribution in [0.1, 0.15) is 0 Å². The maximum atomic E-state index is 11.2. The van der Waals surface area contributed by atoms with Gasteiger partial charge in [0.25, 0.3) is 11.2 Å². The molecule has 0 N–H and O–H groups in total. The molecular weight excluding hydrogens is 168 g/mol. The summed E-state index contributed by atoms with van der Waals surface area (Å²) in [7, 11) is 0. The number of hydrogen-bond donors (Lipinski definition) is 0. The van der Waals surface area contributed by atoms with E-state index in [9.17, 15) is 12.6 Å². The molecule has 0 fully saturated rings. The summed E-state index contributed by atoms with van der Waals surface area (Å²) in [6.45, 7) is 0. The van der Waals surface area contributed by atoms with E-state index in [0.29, 0.717) is 0 Å². The first kappa shape index (κ1) is 7.69. The zero-order valence-electron chi connectivity index (χ0n) is 2.81. The fraction of sp³-hybridized carbons (Fsp3) is 0. The summed E-state index contributed by atoms with van der Waals surface area (Å²) in [6, 6.07) is -4.96. The van der Waals surface area contributed by atoms with E-state index in [1.54, 1.807) is 0 Å². The highest BCUT2D eigenvalue weighted by Gasteiger charge is 2.36. The summed E-state index contributed by atoms with van der Waals surface area (Å²) in [5.74, 6) is 0. The first-order valence-electron chi connectivity index (χ1n) is 1.02. The van der Waals surface area contributed by atoms with Gasteiger partial charge in [0.2, 0.25) is 0 Å². The molecule has 0 aliphatic rings. The molecule has 44 valence electrons. The lowest BCUT2D eigenvalue weighted by Crippen LogP contribution is -1.80. The molecule has 7 heavy (non-hydrogen) atoms. The standard InChI is InChI=1S/ClF2O2PS/c1-6(2,4)7(3)5. The first-order chi connectivity index (χ1) is 2.94. The summed E-state index contributed by atoms with van der Waals surface area (Å²) >= 11 is 0.553. The molecule has 0 spiro atoms. The van der Waals surface area contributed by atoms with E-state index in [-0.39, 0.29) is 0 Å². The first-order valence-corrected chi connectivity index (χ1v) is 5.18. The van der Waals surface area contributed by atoms with Crippen LogP contribution in [0.3, 0.4) is 0 Å². The van der Waals surface area contributed by atoms with Crippen molar-refractivity contribution in [1.82, 2.24) is 0 Å². The zero-order chi connectivity index (χ0) is 6.08. The third-order valence-electron chi connectivity index (χ3n) is 0.167. The van der Waals surface area contributed by atoms with Gasteiger partial charge in [-0.15, -0.1) is 4.20 Å². The molecule has 0 aromatic rings. The third-order valence-corrected chi connectivity index (χ3v) is 2.48. The van der Waals surface area contributed by atoms with Gasteiger partial charge >= 0.3 is 6.01 Å².